The molecule has 0 radical (unpaired) electrons. The van der Waals surface area contributed by atoms with Crippen LogP contribution in [0.1, 0.15) is 6.92 Å². The molecule has 1 atom stereocenters. The van der Waals surface area contributed by atoms with E-state index in [4.69, 9.17) is 0 Å². The standard InChI is InChI=1S/C15H15N9/c1-11(10-23-17-8-9-18-23)19-15-16-7-6-14(20-15)24-13-5-3-2-4-12(13)21-22-24/h2-9,11H,10H2,1H3,(H,16,19,20). The molecular formula is C15H15N9. The largest absolute Gasteiger partial charge is 0.350 e. The van der Waals surface area contributed by atoms with E-state index in [2.05, 4.69) is 35.8 Å². The summed E-state index contributed by atoms with van der Waals surface area (Å²) in [6.45, 7) is 2.64. The molecule has 0 aliphatic heterocycles. The van der Waals surface area contributed by atoms with Gasteiger partial charge in [0.25, 0.3) is 0 Å². The van der Waals surface area contributed by atoms with E-state index in [9.17, 15) is 0 Å². The van der Waals surface area contributed by atoms with Gasteiger partial charge in [-0.1, -0.05) is 17.3 Å². The lowest BCUT2D eigenvalue weighted by atomic mass is 10.3. The van der Waals surface area contributed by atoms with Gasteiger partial charge in [-0.05, 0) is 19.1 Å². The fourth-order valence-corrected chi connectivity index (χ4v) is 2.42. The topological polar surface area (TPSA) is 99.2 Å². The number of para-hydroxylation sites is 1. The Kier molecular flexibility index (Phi) is 3.58. The third-order valence-corrected chi connectivity index (χ3v) is 3.49. The van der Waals surface area contributed by atoms with Gasteiger partial charge < -0.3 is 5.32 Å². The second-order valence-electron chi connectivity index (χ2n) is 5.36. The van der Waals surface area contributed by atoms with E-state index >= 15 is 0 Å². The summed E-state index contributed by atoms with van der Waals surface area (Å²) in [5, 5.41) is 19.8. The summed E-state index contributed by atoms with van der Waals surface area (Å²) >= 11 is 0. The van der Waals surface area contributed by atoms with Crippen molar-refractivity contribution in [2.75, 3.05) is 5.32 Å². The van der Waals surface area contributed by atoms with Crippen molar-refractivity contribution in [2.24, 2.45) is 0 Å². The van der Waals surface area contributed by atoms with Gasteiger partial charge in [0, 0.05) is 18.3 Å². The van der Waals surface area contributed by atoms with Gasteiger partial charge in [-0.3, -0.25) is 0 Å². The van der Waals surface area contributed by atoms with Crippen LogP contribution in [0.15, 0.2) is 48.9 Å². The minimum Gasteiger partial charge on any atom is -0.350 e. The van der Waals surface area contributed by atoms with Gasteiger partial charge in [-0.2, -0.15) is 24.7 Å². The summed E-state index contributed by atoms with van der Waals surface area (Å²) in [5.74, 6) is 1.18. The molecule has 9 nitrogen and oxygen atoms in total. The molecule has 1 aromatic carbocycles. The zero-order valence-corrected chi connectivity index (χ0v) is 13.0. The van der Waals surface area contributed by atoms with Crippen molar-refractivity contribution in [3.63, 3.8) is 0 Å². The fourth-order valence-electron chi connectivity index (χ4n) is 2.42. The van der Waals surface area contributed by atoms with Gasteiger partial charge in [0.05, 0.1) is 24.5 Å². The molecular weight excluding hydrogens is 306 g/mol. The van der Waals surface area contributed by atoms with Crippen molar-refractivity contribution in [2.45, 2.75) is 19.5 Å². The lowest BCUT2D eigenvalue weighted by Crippen LogP contribution is -2.24. The van der Waals surface area contributed by atoms with Crippen LogP contribution in [0.2, 0.25) is 0 Å². The van der Waals surface area contributed by atoms with Crippen molar-refractivity contribution in [3.05, 3.63) is 48.9 Å². The highest BCUT2D eigenvalue weighted by atomic mass is 15.5. The number of fused-ring (bicyclic) bond motifs is 1. The highest BCUT2D eigenvalue weighted by Crippen LogP contribution is 2.15. The Morgan fingerprint density at radius 3 is 2.79 bits per heavy atom. The quantitative estimate of drug-likeness (QED) is 0.591. The van der Waals surface area contributed by atoms with Crippen LogP contribution in [-0.2, 0) is 6.54 Å². The van der Waals surface area contributed by atoms with Crippen molar-refractivity contribution < 1.29 is 0 Å². The summed E-state index contributed by atoms with van der Waals surface area (Å²) in [6, 6.07) is 9.61. The molecule has 0 fully saturated rings. The van der Waals surface area contributed by atoms with Crippen molar-refractivity contribution in [1.82, 2.24) is 40.0 Å². The van der Waals surface area contributed by atoms with Crippen LogP contribution < -0.4 is 5.32 Å². The Bertz CT molecular complexity index is 944. The first-order valence-corrected chi connectivity index (χ1v) is 7.54. The minimum absolute atomic E-state index is 0.0696. The van der Waals surface area contributed by atoms with Gasteiger partial charge >= 0.3 is 0 Å². The summed E-state index contributed by atoms with van der Waals surface area (Å²) in [5.41, 5.74) is 1.72. The van der Waals surface area contributed by atoms with Crippen LogP contribution in [0.3, 0.4) is 0 Å². The summed E-state index contributed by atoms with van der Waals surface area (Å²) in [6.07, 6.45) is 5.00. The number of benzene rings is 1. The molecule has 0 bridgehead atoms. The number of anilines is 1. The predicted octanol–water partition coefficient (Wildman–Crippen LogP) is 1.30. The molecule has 1 N–H and O–H groups in total. The number of aromatic nitrogens is 8. The maximum absolute atomic E-state index is 4.52. The first kappa shape index (κ1) is 14.2. The number of hydrogen-bond acceptors (Lipinski definition) is 7. The molecule has 120 valence electrons. The average Bonchev–Trinajstić information content (AvgIpc) is 3.24. The molecule has 1 unspecified atom stereocenters. The Balaban J connectivity index is 1.57. The Morgan fingerprint density at radius 1 is 1.08 bits per heavy atom. The van der Waals surface area contributed by atoms with Gasteiger partial charge in [0.1, 0.15) is 5.52 Å². The van der Waals surface area contributed by atoms with Crippen molar-refractivity contribution in [3.8, 4) is 5.82 Å². The number of nitrogens with zero attached hydrogens (tertiary/aromatic N) is 8. The fraction of sp³-hybridized carbons (Fsp3) is 0.200. The SMILES string of the molecule is CC(Cn1nccn1)Nc1nccc(-n2nnc3ccccc32)n1. The van der Waals surface area contributed by atoms with Gasteiger partial charge in [0.15, 0.2) is 5.82 Å². The average molecular weight is 321 g/mol. The third-order valence-electron chi connectivity index (χ3n) is 3.49. The van der Waals surface area contributed by atoms with Gasteiger partial charge in [-0.15, -0.1) is 5.10 Å². The Hall–Kier alpha value is -3.36. The monoisotopic (exact) mass is 321 g/mol. The molecule has 4 aromatic rings. The molecule has 0 amide bonds. The Labute approximate surface area is 137 Å². The summed E-state index contributed by atoms with van der Waals surface area (Å²) < 4.78 is 1.70. The maximum Gasteiger partial charge on any atom is 0.224 e. The maximum atomic E-state index is 4.52. The van der Waals surface area contributed by atoms with Gasteiger partial charge in [-0.25, -0.2) is 4.98 Å². The lowest BCUT2D eigenvalue weighted by molar-refractivity contribution is 0.497. The van der Waals surface area contributed by atoms with Crippen LogP contribution in [0.25, 0.3) is 16.9 Å². The van der Waals surface area contributed by atoms with E-state index in [0.29, 0.717) is 18.3 Å². The molecule has 0 spiro atoms. The van der Waals surface area contributed by atoms with E-state index in [-0.39, 0.29) is 6.04 Å². The molecule has 0 saturated carbocycles. The lowest BCUT2D eigenvalue weighted by Gasteiger charge is -2.13. The van der Waals surface area contributed by atoms with Crippen molar-refractivity contribution in [1.29, 1.82) is 0 Å². The number of nitrogens with one attached hydrogen (secondary N) is 1. The molecule has 0 aliphatic rings. The zero-order chi connectivity index (χ0) is 16.4. The molecule has 3 heterocycles. The first-order valence-electron chi connectivity index (χ1n) is 7.54. The molecule has 0 aliphatic carbocycles. The van der Waals surface area contributed by atoms with Crippen LogP contribution in [0.5, 0.6) is 0 Å². The van der Waals surface area contributed by atoms with Crippen LogP contribution in [0, 0.1) is 0 Å². The number of hydrogen-bond donors (Lipinski definition) is 1. The van der Waals surface area contributed by atoms with Gasteiger partial charge in [0.2, 0.25) is 5.95 Å². The van der Waals surface area contributed by atoms with E-state index in [1.165, 1.54) is 0 Å². The smallest absolute Gasteiger partial charge is 0.224 e. The van der Waals surface area contributed by atoms with Crippen LogP contribution in [0.4, 0.5) is 5.95 Å². The minimum atomic E-state index is 0.0696. The van der Waals surface area contributed by atoms with Crippen LogP contribution >= 0.6 is 0 Å². The zero-order valence-electron chi connectivity index (χ0n) is 13.0. The molecule has 4 rings (SSSR count). The van der Waals surface area contributed by atoms with E-state index in [0.717, 1.165) is 11.0 Å². The van der Waals surface area contributed by atoms with E-state index in [1.807, 2.05) is 31.2 Å². The number of rotatable bonds is 5. The molecule has 3 aromatic heterocycles. The second-order valence-corrected chi connectivity index (χ2v) is 5.36. The highest BCUT2D eigenvalue weighted by molar-refractivity contribution is 5.75. The summed E-state index contributed by atoms with van der Waals surface area (Å²) in [4.78, 5) is 10.4. The molecule has 0 saturated heterocycles. The van der Waals surface area contributed by atoms with E-state index in [1.54, 1.807) is 34.1 Å². The first-order chi connectivity index (χ1) is 11.8. The van der Waals surface area contributed by atoms with Crippen LogP contribution in [-0.4, -0.2) is 46.0 Å². The Morgan fingerprint density at radius 2 is 1.92 bits per heavy atom. The van der Waals surface area contributed by atoms with Crippen molar-refractivity contribution >= 4 is 17.0 Å². The third kappa shape index (κ3) is 2.78. The molecule has 24 heavy (non-hydrogen) atoms. The second kappa shape index (κ2) is 6.03. The predicted molar refractivity (Wildman–Crippen MR) is 87.6 cm³/mol. The highest BCUT2D eigenvalue weighted by Gasteiger charge is 2.10. The molecule has 9 heteroatoms. The van der Waals surface area contributed by atoms with E-state index < -0.39 is 0 Å². The summed E-state index contributed by atoms with van der Waals surface area (Å²) in [7, 11) is 0. The normalized spacial score (nSPS) is 12.4.